The van der Waals surface area contributed by atoms with Crippen LogP contribution in [0.25, 0.3) is 0 Å². The molecule has 0 bridgehead atoms. The predicted molar refractivity (Wildman–Crippen MR) is 212 cm³/mol. The Balaban J connectivity index is 2.33. The zero-order valence-corrected chi connectivity index (χ0v) is 34.8. The zero-order valence-electron chi connectivity index (χ0n) is 33.9. The lowest BCUT2D eigenvalue weighted by Gasteiger charge is -2.20. The molecule has 0 aromatic carbocycles. The third-order valence-electron chi connectivity index (χ3n) is 9.52. The molecule has 1 unspecified atom stereocenters. The maximum absolute atomic E-state index is 12.6. The number of rotatable bonds is 35. The largest absolute Gasteiger partial charge is 0.472 e. The van der Waals surface area contributed by atoms with E-state index in [9.17, 15) is 29.3 Å². The molecule has 0 radical (unpaired) electrons. The van der Waals surface area contributed by atoms with Crippen molar-refractivity contribution >= 4 is 19.8 Å². The van der Waals surface area contributed by atoms with Gasteiger partial charge in [0.25, 0.3) is 0 Å². The first-order valence-corrected chi connectivity index (χ1v) is 22.2. The molecule has 0 saturated carbocycles. The lowest BCUT2D eigenvalue weighted by molar-refractivity contribution is -0.161. The van der Waals surface area contributed by atoms with Gasteiger partial charge in [-0.3, -0.25) is 18.6 Å². The molecule has 1 rings (SSSR count). The highest BCUT2D eigenvalue weighted by molar-refractivity contribution is 7.47. The molecular weight excluding hydrogens is 713 g/mol. The summed E-state index contributed by atoms with van der Waals surface area (Å²) in [5, 5.41) is 20.4. The van der Waals surface area contributed by atoms with Gasteiger partial charge >= 0.3 is 19.8 Å². The lowest BCUT2D eigenvalue weighted by Crippen LogP contribution is -2.29. The van der Waals surface area contributed by atoms with Gasteiger partial charge in [0.2, 0.25) is 0 Å². The van der Waals surface area contributed by atoms with Gasteiger partial charge in [-0.1, -0.05) is 90.2 Å². The summed E-state index contributed by atoms with van der Waals surface area (Å²) < 4.78 is 38.8. The standard InChI is InChI=1S/C41H74NO11P/c1-5-7-8-9-13-18-24-36(43)37(44)25-19-14-12-17-22-28-41(46)52-35(32-51-54(47,48)50-30-29-42)31-49-40(45)27-21-16-11-10-15-20-26-39-34(4)33(3)38(53-39)23-6-2/h13,18,35-37,43-44H,5-12,14-17,19-32,42H2,1-4H3,(H,47,48)/b18-13-/t35-,36+,37+/m1/s1. The fraction of sp³-hybridized carbons (Fsp3) is 0.805. The van der Waals surface area contributed by atoms with Gasteiger partial charge < -0.3 is 34.7 Å². The van der Waals surface area contributed by atoms with Gasteiger partial charge in [-0.05, 0) is 76.3 Å². The number of aliphatic hydroxyl groups is 2. The molecule has 5 N–H and O–H groups in total. The minimum absolute atomic E-state index is 0.0214. The number of hydrogen-bond donors (Lipinski definition) is 4. The van der Waals surface area contributed by atoms with Crippen molar-refractivity contribution in [3.05, 3.63) is 34.8 Å². The van der Waals surface area contributed by atoms with E-state index in [1.54, 1.807) is 0 Å². The van der Waals surface area contributed by atoms with Gasteiger partial charge in [0.05, 0.1) is 25.4 Å². The molecule has 0 aliphatic rings. The Kier molecular flexibility index (Phi) is 28.8. The van der Waals surface area contributed by atoms with Crippen LogP contribution in [-0.2, 0) is 45.5 Å². The minimum atomic E-state index is -4.43. The first-order valence-electron chi connectivity index (χ1n) is 20.7. The van der Waals surface area contributed by atoms with Gasteiger partial charge in [-0.15, -0.1) is 0 Å². The van der Waals surface area contributed by atoms with E-state index in [-0.39, 0.29) is 32.6 Å². The summed E-state index contributed by atoms with van der Waals surface area (Å²) in [6.07, 6.45) is 19.8. The second kappa shape index (κ2) is 31.1. The van der Waals surface area contributed by atoms with Crippen molar-refractivity contribution in [3.63, 3.8) is 0 Å². The van der Waals surface area contributed by atoms with Crippen LogP contribution in [0.4, 0.5) is 0 Å². The average molecular weight is 788 g/mol. The molecule has 1 aromatic rings. The van der Waals surface area contributed by atoms with E-state index in [0.717, 1.165) is 101 Å². The van der Waals surface area contributed by atoms with E-state index < -0.39 is 44.7 Å². The third-order valence-corrected chi connectivity index (χ3v) is 10.5. The molecule has 0 amide bonds. The molecule has 0 saturated heterocycles. The predicted octanol–water partition coefficient (Wildman–Crippen LogP) is 8.65. The summed E-state index contributed by atoms with van der Waals surface area (Å²) in [5.41, 5.74) is 7.89. The number of aryl methyl sites for hydroxylation is 2. The summed E-state index contributed by atoms with van der Waals surface area (Å²) in [7, 11) is -4.43. The highest BCUT2D eigenvalue weighted by Gasteiger charge is 2.26. The van der Waals surface area contributed by atoms with Gasteiger partial charge in [0.15, 0.2) is 6.10 Å². The molecule has 0 aliphatic carbocycles. The first kappa shape index (κ1) is 50.0. The van der Waals surface area contributed by atoms with Crippen LogP contribution in [0, 0.1) is 13.8 Å². The Morgan fingerprint density at radius 2 is 1.35 bits per heavy atom. The smallest absolute Gasteiger partial charge is 0.466 e. The molecule has 13 heteroatoms. The third kappa shape index (κ3) is 24.5. The number of unbranched alkanes of at least 4 members (excludes halogenated alkanes) is 12. The maximum atomic E-state index is 12.6. The Morgan fingerprint density at radius 3 is 2.00 bits per heavy atom. The molecule has 314 valence electrons. The van der Waals surface area contributed by atoms with Crippen LogP contribution in [0.15, 0.2) is 16.6 Å². The second-order valence-electron chi connectivity index (χ2n) is 14.4. The van der Waals surface area contributed by atoms with Crippen molar-refractivity contribution in [2.75, 3.05) is 26.4 Å². The van der Waals surface area contributed by atoms with Crippen molar-refractivity contribution in [2.24, 2.45) is 5.73 Å². The molecule has 0 aliphatic heterocycles. The van der Waals surface area contributed by atoms with E-state index in [1.807, 2.05) is 6.08 Å². The fourth-order valence-electron chi connectivity index (χ4n) is 6.06. The number of esters is 2. The Bertz CT molecular complexity index is 1200. The summed E-state index contributed by atoms with van der Waals surface area (Å²) in [6, 6.07) is 0. The van der Waals surface area contributed by atoms with E-state index in [2.05, 4.69) is 33.8 Å². The van der Waals surface area contributed by atoms with E-state index >= 15 is 0 Å². The SMILES string of the molecule is CCCCC/C=C\C[C@H](O)[C@@H](O)CCCCCCCC(=O)O[C@H](COC(=O)CCCCCCCCc1oc(CCC)c(C)c1C)COP(=O)(O)OCCN. The van der Waals surface area contributed by atoms with Crippen molar-refractivity contribution in [1.29, 1.82) is 0 Å². The van der Waals surface area contributed by atoms with Crippen molar-refractivity contribution in [2.45, 2.75) is 187 Å². The number of allylic oxidation sites excluding steroid dienone is 1. The quantitative estimate of drug-likeness (QED) is 0.0222. The average Bonchev–Trinajstić information content (AvgIpc) is 3.41. The van der Waals surface area contributed by atoms with Gasteiger partial charge in [0, 0.05) is 32.2 Å². The van der Waals surface area contributed by atoms with Crippen LogP contribution < -0.4 is 5.73 Å². The lowest BCUT2D eigenvalue weighted by atomic mass is 10.0. The molecule has 0 fully saturated rings. The highest BCUT2D eigenvalue weighted by atomic mass is 31.2. The Morgan fingerprint density at radius 1 is 0.741 bits per heavy atom. The van der Waals surface area contributed by atoms with Crippen molar-refractivity contribution < 1.29 is 52.2 Å². The monoisotopic (exact) mass is 787 g/mol. The van der Waals surface area contributed by atoms with Crippen LogP contribution in [0.2, 0.25) is 0 Å². The topological polar surface area (TPSA) is 188 Å². The van der Waals surface area contributed by atoms with Crippen LogP contribution in [0.3, 0.4) is 0 Å². The highest BCUT2D eigenvalue weighted by Crippen LogP contribution is 2.43. The minimum Gasteiger partial charge on any atom is -0.466 e. The number of carbonyl (C=O) groups excluding carboxylic acids is 2. The van der Waals surface area contributed by atoms with Crippen molar-refractivity contribution in [3.8, 4) is 0 Å². The molecule has 54 heavy (non-hydrogen) atoms. The number of carbonyl (C=O) groups is 2. The van der Waals surface area contributed by atoms with Crippen LogP contribution >= 0.6 is 7.82 Å². The second-order valence-corrected chi connectivity index (χ2v) is 15.8. The molecule has 1 heterocycles. The van der Waals surface area contributed by atoms with E-state index in [0.29, 0.717) is 25.7 Å². The van der Waals surface area contributed by atoms with Crippen molar-refractivity contribution in [1.82, 2.24) is 0 Å². The van der Waals surface area contributed by atoms with Gasteiger partial charge in [0.1, 0.15) is 18.1 Å². The fourth-order valence-corrected chi connectivity index (χ4v) is 6.82. The molecule has 12 nitrogen and oxygen atoms in total. The first-order chi connectivity index (χ1) is 25.9. The molecule has 0 spiro atoms. The number of furan rings is 1. The van der Waals surface area contributed by atoms with E-state index in [1.165, 1.54) is 24.0 Å². The number of nitrogens with two attached hydrogens (primary N) is 1. The Labute approximate surface area is 325 Å². The van der Waals surface area contributed by atoms with E-state index in [4.69, 9.17) is 28.7 Å². The molecule has 4 atom stereocenters. The summed E-state index contributed by atoms with van der Waals surface area (Å²) in [6.45, 7) is 7.63. The normalized spacial score (nSPS) is 14.6. The number of phosphoric ester groups is 1. The van der Waals surface area contributed by atoms with Crippen LogP contribution in [0.1, 0.15) is 165 Å². The number of phosphoric acid groups is 1. The molecule has 1 aromatic heterocycles. The van der Waals surface area contributed by atoms with Crippen LogP contribution in [0.5, 0.6) is 0 Å². The zero-order chi connectivity index (χ0) is 40.0. The summed E-state index contributed by atoms with van der Waals surface area (Å²) in [4.78, 5) is 34.9. The van der Waals surface area contributed by atoms with Crippen LogP contribution in [-0.4, -0.2) is 71.7 Å². The summed E-state index contributed by atoms with van der Waals surface area (Å²) >= 11 is 0. The van der Waals surface area contributed by atoms with Gasteiger partial charge in [-0.25, -0.2) is 4.57 Å². The Hall–Kier alpha value is -2.05. The van der Waals surface area contributed by atoms with Gasteiger partial charge in [-0.2, -0.15) is 0 Å². The number of ether oxygens (including phenoxy) is 2. The summed E-state index contributed by atoms with van der Waals surface area (Å²) in [5.74, 6) is 1.24. The maximum Gasteiger partial charge on any atom is 0.472 e. The molecular formula is C41H74NO11P. The number of aliphatic hydroxyl groups excluding tert-OH is 2. The number of hydrogen-bond acceptors (Lipinski definition) is 11.